The Morgan fingerprint density at radius 3 is 3.25 bits per heavy atom. The first kappa shape index (κ1) is 7.76. The van der Waals surface area contributed by atoms with Gasteiger partial charge in [0.25, 0.3) is 0 Å². The molecule has 0 bridgehead atoms. The van der Waals surface area contributed by atoms with Crippen LogP contribution in [-0.4, -0.2) is 11.1 Å². The van der Waals surface area contributed by atoms with Crippen molar-refractivity contribution < 1.29 is 14.6 Å². The fourth-order valence-electron chi connectivity index (χ4n) is 1.41. The summed E-state index contributed by atoms with van der Waals surface area (Å²) >= 11 is 1.46. The SMILES string of the molecule is CC1OCc2scc(C(=O)O)c21. The minimum atomic E-state index is -0.857. The Hall–Kier alpha value is -0.870. The Balaban J connectivity index is 2.53. The molecule has 1 unspecified atom stereocenters. The molecule has 0 saturated carbocycles. The van der Waals surface area contributed by atoms with Crippen LogP contribution in [-0.2, 0) is 11.3 Å². The van der Waals surface area contributed by atoms with Gasteiger partial charge in [-0.3, -0.25) is 0 Å². The highest BCUT2D eigenvalue weighted by molar-refractivity contribution is 7.10. The number of rotatable bonds is 1. The van der Waals surface area contributed by atoms with Crippen molar-refractivity contribution in [3.63, 3.8) is 0 Å². The molecule has 0 aromatic carbocycles. The molecule has 0 amide bonds. The molecule has 3 nitrogen and oxygen atoms in total. The van der Waals surface area contributed by atoms with Crippen molar-refractivity contribution in [2.45, 2.75) is 19.6 Å². The van der Waals surface area contributed by atoms with Gasteiger partial charge < -0.3 is 9.84 Å². The Labute approximate surface area is 73.6 Å². The summed E-state index contributed by atoms with van der Waals surface area (Å²) in [5.74, 6) is -0.857. The lowest BCUT2D eigenvalue weighted by Gasteiger charge is -2.02. The molecule has 4 heteroatoms. The predicted molar refractivity (Wildman–Crippen MR) is 44.5 cm³/mol. The number of fused-ring (bicyclic) bond motifs is 1. The summed E-state index contributed by atoms with van der Waals surface area (Å²) in [6, 6.07) is 0. The van der Waals surface area contributed by atoms with E-state index < -0.39 is 5.97 Å². The van der Waals surface area contributed by atoms with Crippen LogP contribution < -0.4 is 0 Å². The minimum Gasteiger partial charge on any atom is -0.478 e. The zero-order valence-corrected chi connectivity index (χ0v) is 7.35. The number of thiophene rings is 1. The number of hydrogen-bond donors (Lipinski definition) is 1. The number of carboxylic acid groups (broad SMARTS) is 1. The second kappa shape index (κ2) is 2.57. The van der Waals surface area contributed by atoms with Crippen molar-refractivity contribution in [2.24, 2.45) is 0 Å². The van der Waals surface area contributed by atoms with E-state index in [4.69, 9.17) is 9.84 Å². The van der Waals surface area contributed by atoms with Gasteiger partial charge in [-0.2, -0.15) is 0 Å². The third-order valence-corrected chi connectivity index (χ3v) is 2.99. The van der Waals surface area contributed by atoms with Gasteiger partial charge in [0.05, 0.1) is 18.3 Å². The number of hydrogen-bond acceptors (Lipinski definition) is 3. The average Bonchev–Trinajstić information content (AvgIpc) is 2.53. The number of carbonyl (C=O) groups is 1. The topological polar surface area (TPSA) is 46.5 Å². The van der Waals surface area contributed by atoms with Crippen molar-refractivity contribution >= 4 is 17.3 Å². The van der Waals surface area contributed by atoms with E-state index >= 15 is 0 Å². The van der Waals surface area contributed by atoms with Gasteiger partial charge in [-0.05, 0) is 6.92 Å². The molecule has 1 aromatic rings. The van der Waals surface area contributed by atoms with Crippen LogP contribution in [0, 0.1) is 0 Å². The van der Waals surface area contributed by atoms with Crippen LogP contribution in [0.5, 0.6) is 0 Å². The first-order chi connectivity index (χ1) is 5.70. The first-order valence-electron chi connectivity index (χ1n) is 3.65. The molecule has 2 rings (SSSR count). The smallest absolute Gasteiger partial charge is 0.336 e. The molecule has 1 aliphatic rings. The number of carboxylic acids is 1. The molecule has 64 valence electrons. The van der Waals surface area contributed by atoms with Gasteiger partial charge in [0.2, 0.25) is 0 Å². The van der Waals surface area contributed by atoms with E-state index in [1.165, 1.54) is 11.3 Å². The zero-order chi connectivity index (χ0) is 8.72. The van der Waals surface area contributed by atoms with Crippen LogP contribution in [0.25, 0.3) is 0 Å². The molecule has 0 saturated heterocycles. The largest absolute Gasteiger partial charge is 0.478 e. The molecule has 0 fully saturated rings. The minimum absolute atomic E-state index is 0.0580. The molecule has 1 aliphatic heterocycles. The number of ether oxygens (including phenoxy) is 1. The fraction of sp³-hybridized carbons (Fsp3) is 0.375. The summed E-state index contributed by atoms with van der Waals surface area (Å²) in [5.41, 5.74) is 1.27. The van der Waals surface area contributed by atoms with Crippen LogP contribution in [0.4, 0.5) is 0 Å². The van der Waals surface area contributed by atoms with Gasteiger partial charge in [0.1, 0.15) is 0 Å². The normalized spacial score (nSPS) is 20.9. The predicted octanol–water partition coefficient (Wildman–Crippen LogP) is 2.04. The van der Waals surface area contributed by atoms with Crippen LogP contribution in [0.1, 0.15) is 33.8 Å². The van der Waals surface area contributed by atoms with Crippen molar-refractivity contribution in [2.75, 3.05) is 0 Å². The van der Waals surface area contributed by atoms with Crippen LogP contribution in [0.2, 0.25) is 0 Å². The quantitative estimate of drug-likeness (QED) is 0.726. The Morgan fingerprint density at radius 2 is 2.58 bits per heavy atom. The summed E-state index contributed by atoms with van der Waals surface area (Å²) in [4.78, 5) is 11.8. The van der Waals surface area contributed by atoms with E-state index in [9.17, 15) is 4.79 Å². The first-order valence-corrected chi connectivity index (χ1v) is 4.53. The molecule has 1 N–H and O–H groups in total. The molecular weight excluding hydrogens is 176 g/mol. The summed E-state index contributed by atoms with van der Waals surface area (Å²) in [6.45, 7) is 2.44. The number of aromatic carboxylic acids is 1. The maximum absolute atomic E-state index is 10.7. The van der Waals surface area contributed by atoms with Gasteiger partial charge in [0.15, 0.2) is 0 Å². The summed E-state index contributed by atoms with van der Waals surface area (Å²) in [7, 11) is 0. The molecular formula is C8H8O3S. The third-order valence-electron chi connectivity index (χ3n) is 2.01. The van der Waals surface area contributed by atoms with E-state index in [-0.39, 0.29) is 6.10 Å². The van der Waals surface area contributed by atoms with Crippen molar-refractivity contribution in [1.82, 2.24) is 0 Å². The molecule has 1 aromatic heterocycles. The van der Waals surface area contributed by atoms with Gasteiger partial charge in [-0.1, -0.05) is 0 Å². The molecule has 2 heterocycles. The highest BCUT2D eigenvalue weighted by Crippen LogP contribution is 2.37. The standard InChI is InChI=1S/C8H8O3S/c1-4-7-5(8(9)10)3-12-6(7)2-11-4/h3-4H,2H2,1H3,(H,9,10). The summed E-state index contributed by atoms with van der Waals surface area (Å²) in [6.07, 6.45) is -0.0580. The lowest BCUT2D eigenvalue weighted by molar-refractivity contribution is 0.0667. The lowest BCUT2D eigenvalue weighted by Crippen LogP contribution is -2.00. The van der Waals surface area contributed by atoms with E-state index in [0.29, 0.717) is 12.2 Å². The van der Waals surface area contributed by atoms with Crippen LogP contribution in [0.3, 0.4) is 0 Å². The van der Waals surface area contributed by atoms with Crippen molar-refractivity contribution in [3.8, 4) is 0 Å². The van der Waals surface area contributed by atoms with Gasteiger partial charge in [-0.15, -0.1) is 11.3 Å². The molecule has 0 spiro atoms. The Kier molecular flexibility index (Phi) is 1.66. The van der Waals surface area contributed by atoms with Crippen LogP contribution in [0.15, 0.2) is 5.38 Å². The highest BCUT2D eigenvalue weighted by Gasteiger charge is 2.27. The van der Waals surface area contributed by atoms with Crippen LogP contribution >= 0.6 is 11.3 Å². The lowest BCUT2D eigenvalue weighted by atomic mass is 10.1. The van der Waals surface area contributed by atoms with Gasteiger partial charge >= 0.3 is 5.97 Å². The summed E-state index contributed by atoms with van der Waals surface area (Å²) in [5, 5.41) is 10.5. The molecule has 0 aliphatic carbocycles. The Morgan fingerprint density at radius 1 is 1.83 bits per heavy atom. The fourth-order valence-corrected chi connectivity index (χ4v) is 2.44. The molecule has 0 radical (unpaired) electrons. The second-order valence-electron chi connectivity index (χ2n) is 2.74. The van der Waals surface area contributed by atoms with E-state index in [1.807, 2.05) is 6.92 Å². The highest BCUT2D eigenvalue weighted by atomic mass is 32.1. The maximum Gasteiger partial charge on any atom is 0.336 e. The average molecular weight is 184 g/mol. The van der Waals surface area contributed by atoms with Gasteiger partial charge in [-0.25, -0.2) is 4.79 Å². The van der Waals surface area contributed by atoms with Crippen molar-refractivity contribution in [3.05, 3.63) is 21.4 Å². The monoisotopic (exact) mass is 184 g/mol. The molecule has 12 heavy (non-hydrogen) atoms. The van der Waals surface area contributed by atoms with Gasteiger partial charge in [0, 0.05) is 15.8 Å². The second-order valence-corrected chi connectivity index (χ2v) is 3.71. The Bertz CT molecular complexity index is 329. The van der Waals surface area contributed by atoms with E-state index in [0.717, 1.165) is 10.4 Å². The summed E-state index contributed by atoms with van der Waals surface area (Å²) < 4.78 is 5.30. The molecule has 1 atom stereocenters. The van der Waals surface area contributed by atoms with E-state index in [1.54, 1.807) is 5.38 Å². The maximum atomic E-state index is 10.7. The zero-order valence-electron chi connectivity index (χ0n) is 6.53. The van der Waals surface area contributed by atoms with E-state index in [2.05, 4.69) is 0 Å². The van der Waals surface area contributed by atoms with Crippen molar-refractivity contribution in [1.29, 1.82) is 0 Å². The third kappa shape index (κ3) is 0.956.